The Labute approximate surface area is 82.3 Å². The summed E-state index contributed by atoms with van der Waals surface area (Å²) in [5.74, 6) is 0. The molecule has 0 radical (unpaired) electrons. The molecule has 0 amide bonds. The quantitative estimate of drug-likeness (QED) is 0.435. The van der Waals surface area contributed by atoms with Crippen molar-refractivity contribution in [2.45, 2.75) is 40.0 Å². The van der Waals surface area contributed by atoms with Gasteiger partial charge in [0.25, 0.3) is 0 Å². The van der Waals surface area contributed by atoms with E-state index in [1.54, 1.807) is 0 Å². The lowest BCUT2D eigenvalue weighted by molar-refractivity contribution is 0.918. The maximum absolute atomic E-state index is 4.28. The third-order valence-electron chi connectivity index (χ3n) is 1.99. The maximum atomic E-state index is 4.28. The van der Waals surface area contributed by atoms with E-state index in [2.05, 4.69) is 32.3 Å². The molecular formula is C12H21N. The molecule has 0 atom stereocenters. The van der Waals surface area contributed by atoms with Crippen molar-refractivity contribution in [3.8, 4) is 0 Å². The van der Waals surface area contributed by atoms with E-state index < -0.39 is 0 Å². The Balaban J connectivity index is 4.62. The van der Waals surface area contributed by atoms with Gasteiger partial charge < -0.3 is 0 Å². The molecule has 0 unspecified atom stereocenters. The van der Waals surface area contributed by atoms with Crippen molar-refractivity contribution in [3.05, 3.63) is 23.8 Å². The lowest BCUT2D eigenvalue weighted by Gasteiger charge is -2.04. The molecule has 0 aliphatic heterocycles. The number of rotatable bonds is 6. The average Bonchev–Trinajstić information content (AvgIpc) is 2.16. The van der Waals surface area contributed by atoms with Crippen LogP contribution in [-0.2, 0) is 0 Å². The van der Waals surface area contributed by atoms with Crippen LogP contribution in [0, 0.1) is 0 Å². The summed E-state index contributed by atoms with van der Waals surface area (Å²) >= 11 is 0. The first-order valence-corrected chi connectivity index (χ1v) is 5.14. The number of allylic oxidation sites excluding steroid dienone is 3. The highest BCUT2D eigenvalue weighted by molar-refractivity contribution is 5.80. The Kier molecular flexibility index (Phi) is 7.27. The highest BCUT2D eigenvalue weighted by Crippen LogP contribution is 2.13. The van der Waals surface area contributed by atoms with E-state index in [4.69, 9.17) is 0 Å². The first kappa shape index (κ1) is 12.2. The van der Waals surface area contributed by atoms with Gasteiger partial charge in [0.1, 0.15) is 0 Å². The number of nitrogens with zero attached hydrogens (tertiary/aromatic N) is 1. The van der Waals surface area contributed by atoms with E-state index in [1.165, 1.54) is 17.6 Å². The fraction of sp³-hybridized carbons (Fsp3) is 0.583. The Hall–Kier alpha value is -0.850. The molecule has 0 rings (SSSR count). The van der Waals surface area contributed by atoms with Gasteiger partial charge in [-0.25, -0.2) is 0 Å². The highest BCUT2D eigenvalue weighted by atomic mass is 14.7. The molecule has 0 aromatic rings. The summed E-state index contributed by atoms with van der Waals surface area (Å²) in [7, 11) is 0. The van der Waals surface area contributed by atoms with Crippen molar-refractivity contribution < 1.29 is 0 Å². The third-order valence-corrected chi connectivity index (χ3v) is 1.99. The lowest BCUT2D eigenvalue weighted by Crippen LogP contribution is -1.91. The van der Waals surface area contributed by atoms with Gasteiger partial charge in [-0.3, -0.25) is 4.99 Å². The monoisotopic (exact) mass is 179 g/mol. The van der Waals surface area contributed by atoms with Crippen molar-refractivity contribution in [3.63, 3.8) is 0 Å². The van der Waals surface area contributed by atoms with Gasteiger partial charge in [0.2, 0.25) is 0 Å². The molecule has 1 nitrogen and oxygen atoms in total. The first-order chi connectivity index (χ1) is 6.29. The second kappa shape index (κ2) is 7.78. The SMILES string of the molecule is C=C/C(CC)=C(/C=NCC)CCC. The molecule has 0 fully saturated rings. The molecule has 0 aliphatic rings. The molecule has 0 aliphatic carbocycles. The second-order valence-corrected chi connectivity index (χ2v) is 2.99. The third kappa shape index (κ3) is 4.66. The summed E-state index contributed by atoms with van der Waals surface area (Å²) in [5, 5.41) is 0. The minimum absolute atomic E-state index is 0.862. The Morgan fingerprint density at radius 1 is 1.23 bits per heavy atom. The minimum atomic E-state index is 0.862. The fourth-order valence-electron chi connectivity index (χ4n) is 1.28. The number of hydrogen-bond donors (Lipinski definition) is 0. The lowest BCUT2D eigenvalue weighted by atomic mass is 10.0. The van der Waals surface area contributed by atoms with Gasteiger partial charge in [-0.2, -0.15) is 0 Å². The van der Waals surface area contributed by atoms with Crippen LogP contribution in [0.5, 0.6) is 0 Å². The molecule has 74 valence electrons. The second-order valence-electron chi connectivity index (χ2n) is 2.99. The highest BCUT2D eigenvalue weighted by Gasteiger charge is 1.97. The first-order valence-electron chi connectivity index (χ1n) is 5.14. The van der Waals surface area contributed by atoms with Gasteiger partial charge in [0.05, 0.1) is 0 Å². The van der Waals surface area contributed by atoms with Gasteiger partial charge in [-0.1, -0.05) is 32.9 Å². The molecule has 0 spiro atoms. The van der Waals surface area contributed by atoms with Crippen LogP contribution in [0.3, 0.4) is 0 Å². The molecule has 0 saturated carbocycles. The van der Waals surface area contributed by atoms with Crippen LogP contribution in [0.4, 0.5) is 0 Å². The topological polar surface area (TPSA) is 12.4 Å². The van der Waals surface area contributed by atoms with Crippen molar-refractivity contribution in [1.29, 1.82) is 0 Å². The van der Waals surface area contributed by atoms with Gasteiger partial charge in [0, 0.05) is 12.8 Å². The van der Waals surface area contributed by atoms with Crippen LogP contribution in [0.15, 0.2) is 28.8 Å². The molecule has 0 aromatic heterocycles. The number of aliphatic imine (C=N–C) groups is 1. The van der Waals surface area contributed by atoms with Crippen molar-refractivity contribution >= 4 is 6.21 Å². The molecule has 0 bridgehead atoms. The Morgan fingerprint density at radius 2 is 1.92 bits per heavy atom. The Bertz CT molecular complexity index is 199. The average molecular weight is 179 g/mol. The molecular weight excluding hydrogens is 158 g/mol. The van der Waals surface area contributed by atoms with Crippen molar-refractivity contribution in [2.24, 2.45) is 4.99 Å². The van der Waals surface area contributed by atoms with Gasteiger partial charge in [-0.15, -0.1) is 0 Å². The zero-order valence-electron chi connectivity index (χ0n) is 9.14. The smallest absolute Gasteiger partial charge is 0.0361 e. The van der Waals surface area contributed by atoms with Gasteiger partial charge in [0.15, 0.2) is 0 Å². The molecule has 0 heterocycles. The predicted molar refractivity (Wildman–Crippen MR) is 61.5 cm³/mol. The summed E-state index contributed by atoms with van der Waals surface area (Å²) in [6.45, 7) is 11.1. The standard InChI is InChI=1S/C12H21N/c1-5-9-12(10-13-8-4)11(6-2)7-3/h6,10H,2,5,7-9H2,1,3-4H3/b12-11-,13-10?. The van der Waals surface area contributed by atoms with E-state index in [0.29, 0.717) is 0 Å². The summed E-state index contributed by atoms with van der Waals surface area (Å²) in [6, 6.07) is 0. The van der Waals surface area contributed by atoms with E-state index in [9.17, 15) is 0 Å². The van der Waals surface area contributed by atoms with Crippen LogP contribution < -0.4 is 0 Å². The molecule has 0 N–H and O–H groups in total. The predicted octanol–water partition coefficient (Wildman–Crippen LogP) is 3.77. The van der Waals surface area contributed by atoms with Gasteiger partial charge >= 0.3 is 0 Å². The summed E-state index contributed by atoms with van der Waals surface area (Å²) in [4.78, 5) is 4.28. The Morgan fingerprint density at radius 3 is 2.31 bits per heavy atom. The van der Waals surface area contributed by atoms with Crippen LogP contribution in [0.1, 0.15) is 40.0 Å². The van der Waals surface area contributed by atoms with Crippen LogP contribution >= 0.6 is 0 Å². The molecule has 1 heteroatoms. The maximum Gasteiger partial charge on any atom is 0.0361 e. The van der Waals surface area contributed by atoms with Crippen molar-refractivity contribution in [1.82, 2.24) is 0 Å². The van der Waals surface area contributed by atoms with Crippen LogP contribution in [-0.4, -0.2) is 12.8 Å². The summed E-state index contributed by atoms with van der Waals surface area (Å²) in [6.07, 6.45) is 7.28. The van der Waals surface area contributed by atoms with E-state index >= 15 is 0 Å². The van der Waals surface area contributed by atoms with Crippen molar-refractivity contribution in [2.75, 3.05) is 6.54 Å². The molecule has 13 heavy (non-hydrogen) atoms. The summed E-state index contributed by atoms with van der Waals surface area (Å²) in [5.41, 5.74) is 2.68. The van der Waals surface area contributed by atoms with E-state index in [-0.39, 0.29) is 0 Å². The van der Waals surface area contributed by atoms with Crippen LogP contribution in [0.2, 0.25) is 0 Å². The zero-order chi connectivity index (χ0) is 10.1. The zero-order valence-corrected chi connectivity index (χ0v) is 9.14. The van der Waals surface area contributed by atoms with Crippen LogP contribution in [0.25, 0.3) is 0 Å². The molecule has 0 saturated heterocycles. The number of hydrogen-bond acceptors (Lipinski definition) is 1. The fourth-order valence-corrected chi connectivity index (χ4v) is 1.28. The minimum Gasteiger partial charge on any atom is -0.293 e. The molecule has 0 aromatic carbocycles. The largest absolute Gasteiger partial charge is 0.293 e. The normalized spacial score (nSPS) is 13.2. The summed E-state index contributed by atoms with van der Waals surface area (Å²) < 4.78 is 0. The van der Waals surface area contributed by atoms with Gasteiger partial charge in [-0.05, 0) is 30.9 Å². The van der Waals surface area contributed by atoms with E-state index in [1.807, 2.05) is 12.3 Å². The van der Waals surface area contributed by atoms with E-state index in [0.717, 1.165) is 19.4 Å².